The number of benzene rings is 2. The number of fused-ring (bicyclic) bond motifs is 1. The number of aromatic amines is 1. The highest BCUT2D eigenvalue weighted by Gasteiger charge is 2.25. The first kappa shape index (κ1) is 26.6. The zero-order valence-corrected chi connectivity index (χ0v) is 23.0. The molecule has 9 nitrogen and oxygen atoms in total. The van der Waals surface area contributed by atoms with Gasteiger partial charge in [-0.3, -0.25) is 23.4 Å². The van der Waals surface area contributed by atoms with Gasteiger partial charge in [0.25, 0.3) is 5.56 Å². The summed E-state index contributed by atoms with van der Waals surface area (Å²) in [6.45, 7) is 7.83. The van der Waals surface area contributed by atoms with E-state index in [0.717, 1.165) is 38.1 Å². The van der Waals surface area contributed by atoms with Gasteiger partial charge in [0.1, 0.15) is 4.83 Å². The number of thiophene rings is 1. The molecular weight excluding hydrogens is 516 g/mol. The largest absolute Gasteiger partial charge is 0.439 e. The molecule has 0 spiro atoms. The van der Waals surface area contributed by atoms with Crippen LogP contribution in [0.2, 0.25) is 0 Å². The van der Waals surface area contributed by atoms with Crippen LogP contribution in [0.4, 0.5) is 0 Å². The summed E-state index contributed by atoms with van der Waals surface area (Å²) in [4.78, 5) is 42.7. The molecule has 3 aromatic heterocycles. The number of nitrogens with zero attached hydrogens (tertiary/aromatic N) is 3. The summed E-state index contributed by atoms with van der Waals surface area (Å²) >= 11 is 1.45. The van der Waals surface area contributed by atoms with E-state index in [1.807, 2.05) is 82.3 Å². The molecule has 2 aromatic carbocycles. The average molecular weight is 547 g/mol. The van der Waals surface area contributed by atoms with Crippen LogP contribution in [0, 0.1) is 5.41 Å². The lowest BCUT2D eigenvalue weighted by atomic mass is 9.89. The molecule has 1 atom stereocenters. The van der Waals surface area contributed by atoms with Gasteiger partial charge in [0.2, 0.25) is 0 Å². The smallest absolute Gasteiger partial charge is 0.391 e. The summed E-state index contributed by atoms with van der Waals surface area (Å²) in [7, 11) is 0. The van der Waals surface area contributed by atoms with Gasteiger partial charge < -0.3 is 5.11 Å². The van der Waals surface area contributed by atoms with Crippen LogP contribution in [-0.4, -0.2) is 30.5 Å². The number of nitrogens with one attached hydrogen (secondary N) is 1. The first-order valence-corrected chi connectivity index (χ1v) is 13.6. The molecule has 0 saturated heterocycles. The van der Waals surface area contributed by atoms with Crippen LogP contribution >= 0.6 is 11.3 Å². The molecule has 0 aliphatic heterocycles. The van der Waals surface area contributed by atoms with E-state index < -0.39 is 23.0 Å². The van der Waals surface area contributed by atoms with Crippen molar-refractivity contribution in [1.82, 2.24) is 19.3 Å². The van der Waals surface area contributed by atoms with Gasteiger partial charge >= 0.3 is 11.4 Å². The number of aromatic nitrogens is 4. The second-order valence-corrected chi connectivity index (χ2v) is 11.8. The molecule has 0 amide bonds. The average Bonchev–Trinajstić information content (AvgIpc) is 3.55. The second kappa shape index (κ2) is 10.3. The molecule has 0 radical (unpaired) electrons. The van der Waals surface area contributed by atoms with Crippen LogP contribution in [0.15, 0.2) is 73.5 Å². The summed E-state index contributed by atoms with van der Waals surface area (Å²) in [5.74, 6) is -0.277. The summed E-state index contributed by atoms with van der Waals surface area (Å²) in [6, 6.07) is 17.2. The molecule has 5 rings (SSSR count). The summed E-state index contributed by atoms with van der Waals surface area (Å²) in [5, 5.41) is 15.0. The Balaban J connectivity index is 1.55. The van der Waals surface area contributed by atoms with E-state index in [9.17, 15) is 19.5 Å². The van der Waals surface area contributed by atoms with Crippen LogP contribution < -0.4 is 17.0 Å². The molecule has 5 aromatic rings. The van der Waals surface area contributed by atoms with Gasteiger partial charge in [-0.2, -0.15) is 0 Å². The molecule has 39 heavy (non-hydrogen) atoms. The van der Waals surface area contributed by atoms with Crippen LogP contribution in [0.1, 0.15) is 38.1 Å². The highest BCUT2D eigenvalue weighted by molar-refractivity contribution is 7.18. The van der Waals surface area contributed by atoms with Gasteiger partial charge in [-0.15, -0.1) is 11.3 Å². The van der Waals surface area contributed by atoms with Crippen LogP contribution in [0.25, 0.3) is 32.7 Å². The molecule has 2 N–H and O–H groups in total. The first-order valence-electron chi connectivity index (χ1n) is 12.8. The minimum absolute atomic E-state index is 0.0751. The molecular formula is C29H30N4O5S. The minimum atomic E-state index is -0.864. The number of aliphatic hydroxyl groups excluding tert-OH is 1. The fourth-order valence-corrected chi connectivity index (χ4v) is 5.51. The number of hydrogen-bond donors (Lipinski definition) is 2. The Morgan fingerprint density at radius 2 is 1.72 bits per heavy atom. The van der Waals surface area contributed by atoms with Crippen LogP contribution in [0.3, 0.4) is 0 Å². The molecule has 202 valence electrons. The van der Waals surface area contributed by atoms with E-state index >= 15 is 0 Å². The quantitative estimate of drug-likeness (QED) is 0.315. The van der Waals surface area contributed by atoms with Crippen molar-refractivity contribution in [2.45, 2.75) is 53.3 Å². The maximum absolute atomic E-state index is 13.6. The Bertz CT molecular complexity index is 1820. The molecule has 3 heterocycles. The van der Waals surface area contributed by atoms with Gasteiger partial charge in [-0.1, -0.05) is 81.4 Å². The molecule has 0 bridgehead atoms. The highest BCUT2D eigenvalue weighted by Crippen LogP contribution is 2.30. The normalized spacial score (nSPS) is 12.7. The van der Waals surface area contributed by atoms with Crippen molar-refractivity contribution in [2.75, 3.05) is 0 Å². The number of aliphatic hydroxyl groups is 1. The monoisotopic (exact) mass is 546 g/mol. The van der Waals surface area contributed by atoms with E-state index in [0.29, 0.717) is 16.0 Å². The molecule has 0 aliphatic rings. The fourth-order valence-electron chi connectivity index (χ4n) is 4.43. The van der Waals surface area contributed by atoms with Gasteiger partial charge in [-0.05, 0) is 34.6 Å². The Labute approximate surface area is 228 Å². The Kier molecular flexibility index (Phi) is 7.00. The third-order valence-corrected chi connectivity index (χ3v) is 8.18. The molecule has 0 aliphatic carbocycles. The summed E-state index contributed by atoms with van der Waals surface area (Å²) < 4.78 is 7.46. The topological polar surface area (TPSA) is 123 Å². The van der Waals surface area contributed by atoms with Gasteiger partial charge in [0.05, 0.1) is 24.6 Å². The zero-order chi connectivity index (χ0) is 27.9. The fraction of sp³-hybridized carbons (Fsp3) is 0.310. The van der Waals surface area contributed by atoms with Crippen LogP contribution in [-0.2, 0) is 19.5 Å². The number of H-pyrrole nitrogens is 1. The Morgan fingerprint density at radius 3 is 2.33 bits per heavy atom. The van der Waals surface area contributed by atoms with Crippen molar-refractivity contribution in [2.24, 2.45) is 5.41 Å². The number of rotatable bonds is 7. The first-order chi connectivity index (χ1) is 18.6. The maximum Gasteiger partial charge on any atom is 0.439 e. The van der Waals surface area contributed by atoms with E-state index in [2.05, 4.69) is 14.7 Å². The lowest BCUT2D eigenvalue weighted by Gasteiger charge is -2.26. The van der Waals surface area contributed by atoms with Gasteiger partial charge in [0.15, 0.2) is 5.82 Å². The van der Waals surface area contributed by atoms with Crippen LogP contribution in [0.5, 0.6) is 0 Å². The predicted molar refractivity (Wildman–Crippen MR) is 152 cm³/mol. The van der Waals surface area contributed by atoms with Crippen molar-refractivity contribution in [3.05, 3.63) is 96.4 Å². The second-order valence-electron chi connectivity index (χ2n) is 10.6. The highest BCUT2D eigenvalue weighted by atomic mass is 32.1. The standard InChI is InChI=1S/C29H30N4O5S/c1-5-19-14-22-25(35)32(16-23(34)29(2,3)4)28(37)33(26(22)39-19)15-17-10-12-18(13-11-17)20-8-6-7-9-21(20)24-30-27(36)38-31-24/h6-14,23,34H,5,15-16H2,1-4H3,(H,30,31,36). The van der Waals surface area contributed by atoms with E-state index in [-0.39, 0.29) is 18.6 Å². The van der Waals surface area contributed by atoms with Crippen molar-refractivity contribution < 1.29 is 9.63 Å². The molecule has 0 saturated carbocycles. The van der Waals surface area contributed by atoms with Gasteiger partial charge in [-0.25, -0.2) is 9.59 Å². The SMILES string of the molecule is CCc1cc2c(=O)n(CC(O)C(C)(C)C)c(=O)n(Cc3ccc(-c4ccccc4-c4noc(=O)[nH]4)cc3)c2s1. The van der Waals surface area contributed by atoms with Crippen molar-refractivity contribution in [3.63, 3.8) is 0 Å². The molecule has 10 heteroatoms. The van der Waals surface area contributed by atoms with E-state index in [1.165, 1.54) is 11.3 Å². The zero-order valence-electron chi connectivity index (χ0n) is 22.2. The van der Waals surface area contributed by atoms with Crippen molar-refractivity contribution in [1.29, 1.82) is 0 Å². The number of aryl methyl sites for hydroxylation is 1. The lowest BCUT2D eigenvalue weighted by Crippen LogP contribution is -2.44. The lowest BCUT2D eigenvalue weighted by molar-refractivity contribution is 0.0460. The minimum Gasteiger partial charge on any atom is -0.391 e. The molecule has 1 unspecified atom stereocenters. The Morgan fingerprint density at radius 1 is 1.03 bits per heavy atom. The molecule has 0 fully saturated rings. The van der Waals surface area contributed by atoms with E-state index in [4.69, 9.17) is 0 Å². The van der Waals surface area contributed by atoms with Crippen molar-refractivity contribution in [3.8, 4) is 22.5 Å². The van der Waals surface area contributed by atoms with Gasteiger partial charge in [0, 0.05) is 10.4 Å². The van der Waals surface area contributed by atoms with Crippen molar-refractivity contribution >= 4 is 21.6 Å². The maximum atomic E-state index is 13.6. The van der Waals surface area contributed by atoms with E-state index in [1.54, 1.807) is 4.57 Å². The summed E-state index contributed by atoms with van der Waals surface area (Å²) in [6.07, 6.45) is -0.111. The third-order valence-electron chi connectivity index (χ3n) is 6.88. The third kappa shape index (κ3) is 5.17. The predicted octanol–water partition coefficient (Wildman–Crippen LogP) is 4.25. The number of hydrogen-bond acceptors (Lipinski definition) is 7. The Hall–Kier alpha value is -4.02. The summed E-state index contributed by atoms with van der Waals surface area (Å²) in [5.41, 5.74) is 2.07.